The van der Waals surface area contributed by atoms with Gasteiger partial charge in [0.25, 0.3) is 0 Å². The lowest BCUT2D eigenvalue weighted by atomic mass is 9.88. The molecule has 0 saturated heterocycles. The Morgan fingerprint density at radius 1 is 1.00 bits per heavy atom. The zero-order valence-electron chi connectivity index (χ0n) is 7.20. The van der Waals surface area contributed by atoms with Crippen LogP contribution < -0.4 is 0 Å². The Kier molecular flexibility index (Phi) is 2.94. The molecule has 0 unspecified atom stereocenters. The van der Waals surface area contributed by atoms with Crippen LogP contribution in [0.25, 0.3) is 0 Å². The first-order valence-corrected chi connectivity index (χ1v) is 4.03. The molecule has 1 fully saturated rings. The molecule has 68 valence electrons. The Morgan fingerprint density at radius 2 is 1.33 bits per heavy atom. The van der Waals surface area contributed by atoms with Crippen LogP contribution in [-0.2, 0) is 19.1 Å². The van der Waals surface area contributed by atoms with Gasteiger partial charge in [-0.15, -0.1) is 0 Å². The Bertz CT molecular complexity index is 177. The van der Waals surface area contributed by atoms with Crippen molar-refractivity contribution in [3.8, 4) is 0 Å². The normalized spacial score (nSPS) is 28.8. The van der Waals surface area contributed by atoms with Crippen molar-refractivity contribution in [2.24, 2.45) is 0 Å². The van der Waals surface area contributed by atoms with Crippen molar-refractivity contribution in [3.63, 3.8) is 0 Å². The number of carbonyl (C=O) groups excluding carboxylic acids is 2. The van der Waals surface area contributed by atoms with E-state index in [1.807, 2.05) is 0 Å². The summed E-state index contributed by atoms with van der Waals surface area (Å²) in [6.45, 7) is 4.40. The van der Waals surface area contributed by atoms with E-state index in [1.54, 1.807) is 13.8 Å². The predicted molar refractivity (Wildman–Crippen MR) is 40.8 cm³/mol. The third-order valence-electron chi connectivity index (χ3n) is 1.73. The highest BCUT2D eigenvalue weighted by Crippen LogP contribution is 2.19. The number of rotatable bonds is 4. The third kappa shape index (κ3) is 1.40. The van der Waals surface area contributed by atoms with E-state index in [2.05, 4.69) is 0 Å². The Hall–Kier alpha value is -0.740. The SMILES string of the molecule is CCO[C@H]1C(=O)C(=O)[C@@H]1OCC. The molecule has 1 aliphatic carbocycles. The fraction of sp³-hybridized carbons (Fsp3) is 0.750. The molecule has 0 aromatic heterocycles. The van der Waals surface area contributed by atoms with Crippen LogP contribution in [0.1, 0.15) is 13.8 Å². The first-order chi connectivity index (χ1) is 5.72. The van der Waals surface area contributed by atoms with Crippen molar-refractivity contribution in [2.75, 3.05) is 13.2 Å². The lowest BCUT2D eigenvalue weighted by Crippen LogP contribution is -2.59. The average Bonchev–Trinajstić information content (AvgIpc) is 2.10. The highest BCUT2D eigenvalue weighted by Gasteiger charge is 2.50. The molecule has 12 heavy (non-hydrogen) atoms. The summed E-state index contributed by atoms with van der Waals surface area (Å²) in [5.74, 6) is -0.925. The van der Waals surface area contributed by atoms with Gasteiger partial charge in [-0.2, -0.15) is 0 Å². The fourth-order valence-electron chi connectivity index (χ4n) is 1.14. The molecular weight excluding hydrogens is 160 g/mol. The zero-order chi connectivity index (χ0) is 9.14. The molecule has 1 rings (SSSR count). The summed E-state index contributed by atoms with van der Waals surface area (Å²) in [5.41, 5.74) is 0. The molecule has 0 aliphatic heterocycles. The smallest absolute Gasteiger partial charge is 0.233 e. The number of Topliss-reactive ketones (excluding diaryl/α,β-unsaturated/α-hetero) is 2. The fourth-order valence-corrected chi connectivity index (χ4v) is 1.14. The number of ketones is 2. The van der Waals surface area contributed by atoms with E-state index in [0.717, 1.165) is 0 Å². The van der Waals surface area contributed by atoms with Crippen molar-refractivity contribution < 1.29 is 19.1 Å². The van der Waals surface area contributed by atoms with Gasteiger partial charge in [0.1, 0.15) is 0 Å². The molecule has 4 heteroatoms. The van der Waals surface area contributed by atoms with Gasteiger partial charge in [0.2, 0.25) is 11.6 Å². The number of hydrogen-bond acceptors (Lipinski definition) is 4. The summed E-state index contributed by atoms with van der Waals surface area (Å²) in [5, 5.41) is 0. The van der Waals surface area contributed by atoms with E-state index in [0.29, 0.717) is 13.2 Å². The summed E-state index contributed by atoms with van der Waals surface area (Å²) in [4.78, 5) is 21.8. The predicted octanol–water partition coefficient (Wildman–Crippen LogP) is -0.0516. The lowest BCUT2D eigenvalue weighted by Gasteiger charge is -2.31. The third-order valence-corrected chi connectivity index (χ3v) is 1.73. The van der Waals surface area contributed by atoms with E-state index < -0.39 is 23.8 Å². The molecule has 1 saturated carbocycles. The molecular formula is C8H12O4. The monoisotopic (exact) mass is 172 g/mol. The van der Waals surface area contributed by atoms with E-state index in [-0.39, 0.29) is 0 Å². The van der Waals surface area contributed by atoms with Gasteiger partial charge in [-0.3, -0.25) is 9.59 Å². The standard InChI is InChI=1S/C8H12O4/c1-3-11-7-5(9)6(10)8(7)12-4-2/h7-8H,3-4H2,1-2H3/t7-,8-/m0/s1. The van der Waals surface area contributed by atoms with E-state index in [4.69, 9.17) is 9.47 Å². The second kappa shape index (κ2) is 3.78. The summed E-state index contributed by atoms with van der Waals surface area (Å²) < 4.78 is 10.1. The molecule has 0 N–H and O–H groups in total. The quantitative estimate of drug-likeness (QED) is 0.558. The number of carbonyl (C=O) groups is 2. The summed E-state index contributed by atoms with van der Waals surface area (Å²) in [6, 6.07) is 0. The van der Waals surface area contributed by atoms with Crippen molar-refractivity contribution >= 4 is 11.6 Å². The Morgan fingerprint density at radius 3 is 1.58 bits per heavy atom. The van der Waals surface area contributed by atoms with Gasteiger partial charge in [0.15, 0.2) is 12.2 Å². The molecule has 0 bridgehead atoms. The minimum Gasteiger partial charge on any atom is -0.367 e. The van der Waals surface area contributed by atoms with Gasteiger partial charge in [0.05, 0.1) is 0 Å². The van der Waals surface area contributed by atoms with Crippen LogP contribution in [0.4, 0.5) is 0 Å². The molecule has 0 radical (unpaired) electrons. The highest BCUT2D eigenvalue weighted by atomic mass is 16.6. The number of ether oxygens (including phenoxy) is 2. The van der Waals surface area contributed by atoms with Crippen molar-refractivity contribution in [2.45, 2.75) is 26.1 Å². The average molecular weight is 172 g/mol. The molecule has 2 atom stereocenters. The number of hydrogen-bond donors (Lipinski definition) is 0. The first kappa shape index (κ1) is 9.35. The van der Waals surface area contributed by atoms with E-state index >= 15 is 0 Å². The second-order valence-corrected chi connectivity index (χ2v) is 2.48. The van der Waals surface area contributed by atoms with Crippen LogP contribution in [-0.4, -0.2) is 37.0 Å². The van der Waals surface area contributed by atoms with Gasteiger partial charge in [-0.05, 0) is 13.8 Å². The molecule has 0 aromatic rings. The maximum Gasteiger partial charge on any atom is 0.233 e. The van der Waals surface area contributed by atoms with Crippen LogP contribution in [0.3, 0.4) is 0 Å². The van der Waals surface area contributed by atoms with Gasteiger partial charge in [-0.25, -0.2) is 0 Å². The molecule has 0 heterocycles. The highest BCUT2D eigenvalue weighted by molar-refractivity contribution is 6.48. The Labute approximate surface area is 70.8 Å². The van der Waals surface area contributed by atoms with Crippen molar-refractivity contribution in [1.29, 1.82) is 0 Å². The molecule has 4 nitrogen and oxygen atoms in total. The van der Waals surface area contributed by atoms with Crippen LogP contribution in [0, 0.1) is 0 Å². The molecule has 1 aliphatic rings. The minimum absolute atomic E-state index is 0.424. The minimum atomic E-state index is -0.651. The van der Waals surface area contributed by atoms with Crippen LogP contribution in [0.2, 0.25) is 0 Å². The summed E-state index contributed by atoms with van der Waals surface area (Å²) in [6.07, 6.45) is -1.30. The lowest BCUT2D eigenvalue weighted by molar-refractivity contribution is -0.175. The summed E-state index contributed by atoms with van der Waals surface area (Å²) in [7, 11) is 0. The zero-order valence-corrected chi connectivity index (χ0v) is 7.20. The second-order valence-electron chi connectivity index (χ2n) is 2.48. The first-order valence-electron chi connectivity index (χ1n) is 4.03. The summed E-state index contributed by atoms with van der Waals surface area (Å²) >= 11 is 0. The largest absolute Gasteiger partial charge is 0.367 e. The molecule has 0 spiro atoms. The van der Waals surface area contributed by atoms with Gasteiger partial charge in [-0.1, -0.05) is 0 Å². The van der Waals surface area contributed by atoms with Crippen molar-refractivity contribution in [1.82, 2.24) is 0 Å². The molecule has 0 aromatic carbocycles. The van der Waals surface area contributed by atoms with Gasteiger partial charge < -0.3 is 9.47 Å². The van der Waals surface area contributed by atoms with E-state index in [9.17, 15) is 9.59 Å². The molecule has 0 amide bonds. The van der Waals surface area contributed by atoms with Gasteiger partial charge >= 0.3 is 0 Å². The van der Waals surface area contributed by atoms with Crippen LogP contribution in [0.15, 0.2) is 0 Å². The van der Waals surface area contributed by atoms with E-state index in [1.165, 1.54) is 0 Å². The maximum atomic E-state index is 10.9. The van der Waals surface area contributed by atoms with Crippen LogP contribution >= 0.6 is 0 Å². The van der Waals surface area contributed by atoms with Crippen molar-refractivity contribution in [3.05, 3.63) is 0 Å². The Balaban J connectivity index is 2.49. The van der Waals surface area contributed by atoms with Crippen LogP contribution in [0.5, 0.6) is 0 Å². The van der Waals surface area contributed by atoms with Gasteiger partial charge in [0, 0.05) is 13.2 Å². The topological polar surface area (TPSA) is 52.6 Å². The maximum absolute atomic E-state index is 10.9.